The van der Waals surface area contributed by atoms with E-state index in [2.05, 4.69) is 27.8 Å². The summed E-state index contributed by atoms with van der Waals surface area (Å²) in [6.07, 6.45) is 4.94. The zero-order valence-corrected chi connectivity index (χ0v) is 17.9. The second-order valence-corrected chi connectivity index (χ2v) is 8.36. The molecule has 7 nitrogen and oxygen atoms in total. The molecule has 2 N–H and O–H groups in total. The minimum absolute atomic E-state index is 0.0306. The number of nitrogens with zero attached hydrogens (tertiary/aromatic N) is 2. The van der Waals surface area contributed by atoms with Crippen LogP contribution in [0.5, 0.6) is 5.75 Å². The van der Waals surface area contributed by atoms with Crippen LogP contribution in [0.15, 0.2) is 41.4 Å². The maximum Gasteiger partial charge on any atom is 0.233 e. The van der Waals surface area contributed by atoms with Gasteiger partial charge in [0.15, 0.2) is 5.96 Å². The highest BCUT2D eigenvalue weighted by atomic mass is 19.1. The fourth-order valence-electron chi connectivity index (χ4n) is 4.81. The number of guanidine groups is 1. The van der Waals surface area contributed by atoms with Crippen LogP contribution in [0.25, 0.3) is 0 Å². The summed E-state index contributed by atoms with van der Waals surface area (Å²) in [5.74, 6) is 0.952. The third-order valence-electron chi connectivity index (χ3n) is 6.19. The Labute approximate surface area is 181 Å². The molecule has 0 radical (unpaired) electrons. The van der Waals surface area contributed by atoms with Crippen molar-refractivity contribution < 1.29 is 18.7 Å². The Morgan fingerprint density at radius 1 is 1.16 bits per heavy atom. The number of rotatable bonds is 8. The SMILES string of the molecule is CCNC(=NCC(C)Oc1ccc(F)cc1)NCCN1C(=O)C2C3C=CC(C3)C2C1=O. The van der Waals surface area contributed by atoms with Crippen LogP contribution in [0.1, 0.15) is 20.3 Å². The van der Waals surface area contributed by atoms with Gasteiger partial charge in [-0.3, -0.25) is 14.5 Å². The average molecular weight is 429 g/mol. The van der Waals surface area contributed by atoms with Gasteiger partial charge in [0, 0.05) is 19.6 Å². The van der Waals surface area contributed by atoms with Gasteiger partial charge in [0.2, 0.25) is 11.8 Å². The Bertz CT molecular complexity index is 855. The lowest BCUT2D eigenvalue weighted by atomic mass is 9.85. The molecule has 4 rings (SSSR count). The van der Waals surface area contributed by atoms with E-state index < -0.39 is 0 Å². The topological polar surface area (TPSA) is 83.0 Å². The van der Waals surface area contributed by atoms with Crippen LogP contribution >= 0.6 is 0 Å². The Morgan fingerprint density at radius 3 is 2.42 bits per heavy atom. The molecule has 1 heterocycles. The van der Waals surface area contributed by atoms with Crippen molar-refractivity contribution in [1.29, 1.82) is 0 Å². The fraction of sp³-hybridized carbons (Fsp3) is 0.522. The number of fused-ring (bicyclic) bond motifs is 5. The van der Waals surface area contributed by atoms with Crippen molar-refractivity contribution in [3.8, 4) is 5.75 Å². The molecule has 0 aromatic heterocycles. The molecule has 1 aliphatic heterocycles. The summed E-state index contributed by atoms with van der Waals surface area (Å²) in [5.41, 5.74) is 0. The lowest BCUT2D eigenvalue weighted by Gasteiger charge is -2.19. The van der Waals surface area contributed by atoms with E-state index in [1.165, 1.54) is 17.0 Å². The molecule has 5 unspecified atom stereocenters. The molecule has 2 aliphatic carbocycles. The number of benzene rings is 1. The molecule has 8 heteroatoms. The van der Waals surface area contributed by atoms with Crippen LogP contribution in [-0.2, 0) is 9.59 Å². The number of carbonyl (C=O) groups excluding carboxylic acids is 2. The second-order valence-electron chi connectivity index (χ2n) is 8.36. The largest absolute Gasteiger partial charge is 0.489 e. The monoisotopic (exact) mass is 428 g/mol. The van der Waals surface area contributed by atoms with Crippen molar-refractivity contribution in [2.24, 2.45) is 28.7 Å². The standard InChI is InChI=1S/C23H29FN4O3/c1-3-25-23(27-13-14(2)31-18-8-6-17(24)7-9-18)26-10-11-28-21(29)19-15-4-5-16(12-15)20(19)22(28)30/h4-9,14-16,19-20H,3,10-13H2,1-2H3,(H2,25,26,27). The van der Waals surface area contributed by atoms with Gasteiger partial charge in [0.25, 0.3) is 0 Å². The molecule has 5 atom stereocenters. The van der Waals surface area contributed by atoms with Crippen molar-refractivity contribution in [3.63, 3.8) is 0 Å². The van der Waals surface area contributed by atoms with Crippen LogP contribution in [-0.4, -0.2) is 55.0 Å². The summed E-state index contributed by atoms with van der Waals surface area (Å²) in [7, 11) is 0. The average Bonchev–Trinajstić information content (AvgIpc) is 3.43. The van der Waals surface area contributed by atoms with Gasteiger partial charge in [-0.25, -0.2) is 9.38 Å². The van der Waals surface area contributed by atoms with E-state index >= 15 is 0 Å². The number of halogens is 1. The van der Waals surface area contributed by atoms with Gasteiger partial charge in [-0.2, -0.15) is 0 Å². The van der Waals surface area contributed by atoms with Crippen molar-refractivity contribution in [1.82, 2.24) is 15.5 Å². The first-order valence-electron chi connectivity index (χ1n) is 11.0. The molecule has 2 bridgehead atoms. The molecule has 166 valence electrons. The molecule has 1 saturated heterocycles. The number of ether oxygens (including phenoxy) is 1. The molecule has 3 aliphatic rings. The summed E-state index contributed by atoms with van der Waals surface area (Å²) >= 11 is 0. The number of hydrogen-bond donors (Lipinski definition) is 2. The molecule has 0 spiro atoms. The summed E-state index contributed by atoms with van der Waals surface area (Å²) in [4.78, 5) is 31.4. The van der Waals surface area contributed by atoms with E-state index in [0.29, 0.717) is 37.9 Å². The van der Waals surface area contributed by atoms with E-state index in [-0.39, 0.29) is 47.4 Å². The molecule has 1 aromatic rings. The van der Waals surface area contributed by atoms with Gasteiger partial charge in [0.1, 0.15) is 17.7 Å². The van der Waals surface area contributed by atoms with Crippen molar-refractivity contribution in [2.45, 2.75) is 26.4 Å². The Balaban J connectivity index is 1.27. The molecule has 1 aromatic carbocycles. The minimum Gasteiger partial charge on any atom is -0.489 e. The molecule has 2 fully saturated rings. The number of imide groups is 1. The number of amides is 2. The molecule has 1 saturated carbocycles. The Morgan fingerprint density at radius 2 is 1.81 bits per heavy atom. The van der Waals surface area contributed by atoms with Crippen LogP contribution in [0.2, 0.25) is 0 Å². The van der Waals surface area contributed by atoms with Gasteiger partial charge >= 0.3 is 0 Å². The van der Waals surface area contributed by atoms with Crippen LogP contribution in [0, 0.1) is 29.5 Å². The highest BCUT2D eigenvalue weighted by Gasteiger charge is 2.58. The normalized spacial score (nSPS) is 27.6. The summed E-state index contributed by atoms with van der Waals surface area (Å²) in [6, 6.07) is 5.88. The van der Waals surface area contributed by atoms with Gasteiger partial charge in [-0.15, -0.1) is 0 Å². The highest BCUT2D eigenvalue weighted by Crippen LogP contribution is 2.52. The fourth-order valence-corrected chi connectivity index (χ4v) is 4.81. The first-order valence-corrected chi connectivity index (χ1v) is 11.0. The number of nitrogens with one attached hydrogen (secondary N) is 2. The van der Waals surface area contributed by atoms with Gasteiger partial charge in [0.05, 0.1) is 18.4 Å². The van der Waals surface area contributed by atoms with Crippen LogP contribution < -0.4 is 15.4 Å². The third kappa shape index (κ3) is 4.43. The van der Waals surface area contributed by atoms with Crippen LogP contribution in [0.4, 0.5) is 4.39 Å². The third-order valence-corrected chi connectivity index (χ3v) is 6.19. The summed E-state index contributed by atoms with van der Waals surface area (Å²) in [5, 5.41) is 6.35. The highest BCUT2D eigenvalue weighted by molar-refractivity contribution is 6.06. The predicted molar refractivity (Wildman–Crippen MR) is 115 cm³/mol. The lowest BCUT2D eigenvalue weighted by Crippen LogP contribution is -2.44. The first-order chi connectivity index (χ1) is 15.0. The number of allylic oxidation sites excluding steroid dienone is 2. The Kier molecular flexibility index (Phi) is 6.25. The first kappa shape index (κ1) is 21.3. The maximum absolute atomic E-state index is 13.0. The smallest absolute Gasteiger partial charge is 0.233 e. The van der Waals surface area contributed by atoms with E-state index in [4.69, 9.17) is 4.74 Å². The van der Waals surface area contributed by atoms with Gasteiger partial charge < -0.3 is 15.4 Å². The van der Waals surface area contributed by atoms with E-state index in [9.17, 15) is 14.0 Å². The van der Waals surface area contributed by atoms with E-state index in [0.717, 1.165) is 6.42 Å². The zero-order chi connectivity index (χ0) is 22.0. The number of carbonyl (C=O) groups is 2. The van der Waals surface area contributed by atoms with Gasteiger partial charge in [-0.05, 0) is 56.4 Å². The Hall–Kier alpha value is -2.90. The summed E-state index contributed by atoms with van der Waals surface area (Å²) < 4.78 is 18.8. The quantitative estimate of drug-likeness (QED) is 0.286. The minimum atomic E-state index is -0.306. The summed E-state index contributed by atoms with van der Waals surface area (Å²) in [6.45, 7) is 5.69. The molecular weight excluding hydrogens is 399 g/mol. The molecular formula is C23H29FN4O3. The number of aliphatic imine (C=N–C) groups is 1. The molecule has 31 heavy (non-hydrogen) atoms. The lowest BCUT2D eigenvalue weighted by molar-refractivity contribution is -0.140. The number of hydrogen-bond acceptors (Lipinski definition) is 4. The molecule has 2 amide bonds. The maximum atomic E-state index is 13.0. The predicted octanol–water partition coefficient (Wildman–Crippen LogP) is 1.96. The van der Waals surface area contributed by atoms with Crippen LogP contribution in [0.3, 0.4) is 0 Å². The second kappa shape index (κ2) is 9.08. The number of likely N-dealkylation sites (tertiary alicyclic amines) is 1. The van der Waals surface area contributed by atoms with E-state index in [1.807, 2.05) is 13.8 Å². The van der Waals surface area contributed by atoms with Crippen molar-refractivity contribution in [2.75, 3.05) is 26.2 Å². The van der Waals surface area contributed by atoms with E-state index in [1.54, 1.807) is 12.1 Å². The zero-order valence-electron chi connectivity index (χ0n) is 17.9. The van der Waals surface area contributed by atoms with Crippen molar-refractivity contribution in [3.05, 3.63) is 42.2 Å². The van der Waals surface area contributed by atoms with Gasteiger partial charge in [-0.1, -0.05) is 12.2 Å². The van der Waals surface area contributed by atoms with Crippen molar-refractivity contribution >= 4 is 17.8 Å².